The Balaban J connectivity index is 1.72. The van der Waals surface area contributed by atoms with Gasteiger partial charge in [0.05, 0.1) is 4.90 Å². The Hall–Kier alpha value is -2.25. The molecular weight excluding hydrogens is 379 g/mol. The molecule has 0 aromatic heterocycles. The zero-order valence-corrected chi connectivity index (χ0v) is 16.4. The number of nitrogens with zero attached hydrogens (tertiary/aromatic N) is 2. The molecular formula is C21H23FN2O3S. The molecule has 2 aliphatic heterocycles. The molecule has 1 atom stereocenters. The van der Waals surface area contributed by atoms with Crippen molar-refractivity contribution in [3.05, 3.63) is 65.5 Å². The molecule has 0 bridgehead atoms. The summed E-state index contributed by atoms with van der Waals surface area (Å²) in [5, 5.41) is 0. The van der Waals surface area contributed by atoms with Crippen LogP contribution in [0.2, 0.25) is 0 Å². The van der Waals surface area contributed by atoms with Crippen molar-refractivity contribution in [1.29, 1.82) is 0 Å². The summed E-state index contributed by atoms with van der Waals surface area (Å²) in [6.07, 6.45) is 3.33. The zero-order chi connectivity index (χ0) is 19.7. The van der Waals surface area contributed by atoms with Gasteiger partial charge in [-0.25, -0.2) is 12.8 Å². The lowest BCUT2D eigenvalue weighted by molar-refractivity contribution is -0.136. The minimum absolute atomic E-state index is 0.00438. The van der Waals surface area contributed by atoms with Crippen LogP contribution in [0, 0.1) is 5.82 Å². The van der Waals surface area contributed by atoms with Crippen LogP contribution in [-0.4, -0.2) is 42.7 Å². The fourth-order valence-electron chi connectivity index (χ4n) is 4.03. The molecule has 5 nitrogen and oxygen atoms in total. The Bertz CT molecular complexity index is 969. The first-order valence-electron chi connectivity index (χ1n) is 9.60. The summed E-state index contributed by atoms with van der Waals surface area (Å²) >= 11 is 0. The SMILES string of the molecule is O=C([C@H]1Cc2ccccc2CN1S(=O)(=O)c1ccc(F)cc1)N1CCCCC1. The van der Waals surface area contributed by atoms with E-state index in [1.165, 1.54) is 16.4 Å². The molecule has 0 unspecified atom stereocenters. The van der Waals surface area contributed by atoms with Crippen molar-refractivity contribution in [3.8, 4) is 0 Å². The molecule has 2 aliphatic rings. The van der Waals surface area contributed by atoms with E-state index in [1.807, 2.05) is 24.3 Å². The topological polar surface area (TPSA) is 57.7 Å². The van der Waals surface area contributed by atoms with E-state index < -0.39 is 21.9 Å². The van der Waals surface area contributed by atoms with Crippen LogP contribution in [0.5, 0.6) is 0 Å². The quantitative estimate of drug-likeness (QED) is 0.793. The lowest BCUT2D eigenvalue weighted by Crippen LogP contribution is -2.54. The predicted molar refractivity (Wildman–Crippen MR) is 103 cm³/mol. The first kappa shape index (κ1) is 19.1. The average molecular weight is 402 g/mol. The summed E-state index contributed by atoms with van der Waals surface area (Å²) in [4.78, 5) is 15.1. The second kappa shape index (κ2) is 7.64. The molecule has 1 fully saturated rings. The van der Waals surface area contributed by atoms with Crippen LogP contribution in [0.4, 0.5) is 4.39 Å². The smallest absolute Gasteiger partial charge is 0.244 e. The molecule has 2 aromatic rings. The Morgan fingerprint density at radius 2 is 1.57 bits per heavy atom. The number of piperidine rings is 1. The second-order valence-electron chi connectivity index (χ2n) is 7.38. The van der Waals surface area contributed by atoms with Gasteiger partial charge in [-0.3, -0.25) is 4.79 Å². The number of carbonyl (C=O) groups is 1. The first-order chi connectivity index (χ1) is 13.5. The summed E-state index contributed by atoms with van der Waals surface area (Å²) in [5.41, 5.74) is 1.90. The van der Waals surface area contributed by atoms with E-state index in [9.17, 15) is 17.6 Å². The number of fused-ring (bicyclic) bond motifs is 1. The number of likely N-dealkylation sites (tertiary alicyclic amines) is 1. The summed E-state index contributed by atoms with van der Waals surface area (Å²) in [7, 11) is -3.94. The van der Waals surface area contributed by atoms with Crippen LogP contribution >= 0.6 is 0 Å². The van der Waals surface area contributed by atoms with Crippen molar-refractivity contribution in [2.24, 2.45) is 0 Å². The van der Waals surface area contributed by atoms with Gasteiger partial charge < -0.3 is 4.90 Å². The van der Waals surface area contributed by atoms with Gasteiger partial charge in [0, 0.05) is 19.6 Å². The molecule has 0 saturated carbocycles. The monoisotopic (exact) mass is 402 g/mol. The van der Waals surface area contributed by atoms with Gasteiger partial charge in [0.15, 0.2) is 0 Å². The Morgan fingerprint density at radius 3 is 2.25 bits per heavy atom. The maximum Gasteiger partial charge on any atom is 0.244 e. The van der Waals surface area contributed by atoms with Crippen molar-refractivity contribution in [2.45, 2.75) is 43.2 Å². The van der Waals surface area contributed by atoms with Gasteiger partial charge in [-0.1, -0.05) is 24.3 Å². The highest BCUT2D eigenvalue weighted by atomic mass is 32.2. The van der Waals surface area contributed by atoms with E-state index in [0.717, 1.165) is 42.5 Å². The molecule has 0 aliphatic carbocycles. The lowest BCUT2D eigenvalue weighted by Gasteiger charge is -2.38. The van der Waals surface area contributed by atoms with Crippen LogP contribution in [0.3, 0.4) is 0 Å². The van der Waals surface area contributed by atoms with E-state index in [-0.39, 0.29) is 17.3 Å². The molecule has 148 valence electrons. The molecule has 2 heterocycles. The maximum absolute atomic E-state index is 13.3. The lowest BCUT2D eigenvalue weighted by atomic mass is 9.94. The Labute approximate surface area is 164 Å². The molecule has 1 amide bonds. The third kappa shape index (κ3) is 3.56. The number of halogens is 1. The van der Waals surface area contributed by atoms with Crippen LogP contribution in [0.15, 0.2) is 53.4 Å². The molecule has 0 N–H and O–H groups in total. The van der Waals surface area contributed by atoms with Crippen LogP contribution in [0.25, 0.3) is 0 Å². The van der Waals surface area contributed by atoms with E-state index in [4.69, 9.17) is 0 Å². The Kier molecular flexibility index (Phi) is 5.21. The number of hydrogen-bond donors (Lipinski definition) is 0. The zero-order valence-electron chi connectivity index (χ0n) is 15.6. The highest BCUT2D eigenvalue weighted by Gasteiger charge is 2.41. The third-order valence-corrected chi connectivity index (χ3v) is 7.45. The minimum atomic E-state index is -3.94. The predicted octanol–water partition coefficient (Wildman–Crippen LogP) is 2.95. The van der Waals surface area contributed by atoms with Crippen molar-refractivity contribution in [2.75, 3.05) is 13.1 Å². The fourth-order valence-corrected chi connectivity index (χ4v) is 5.59. The summed E-state index contributed by atoms with van der Waals surface area (Å²) < 4.78 is 41.3. The van der Waals surface area contributed by atoms with Crippen LogP contribution in [0.1, 0.15) is 30.4 Å². The number of benzene rings is 2. The average Bonchev–Trinajstić information content (AvgIpc) is 2.73. The highest BCUT2D eigenvalue weighted by Crippen LogP contribution is 2.30. The summed E-state index contributed by atoms with van der Waals surface area (Å²) in [6.45, 7) is 1.48. The molecule has 1 saturated heterocycles. The van der Waals surface area contributed by atoms with Gasteiger partial charge in [-0.15, -0.1) is 0 Å². The summed E-state index contributed by atoms with van der Waals surface area (Å²) in [5.74, 6) is -0.635. The van der Waals surface area contributed by atoms with Crippen molar-refractivity contribution in [1.82, 2.24) is 9.21 Å². The van der Waals surface area contributed by atoms with Gasteiger partial charge in [0.1, 0.15) is 11.9 Å². The van der Waals surface area contributed by atoms with Gasteiger partial charge in [-0.05, 0) is 61.1 Å². The van der Waals surface area contributed by atoms with E-state index in [0.29, 0.717) is 19.5 Å². The standard InChI is InChI=1S/C21H23FN2O3S/c22-18-8-10-19(11-9-18)28(26,27)24-15-17-7-3-2-6-16(17)14-20(24)21(25)23-12-4-1-5-13-23/h2-3,6-11,20H,1,4-5,12-15H2/t20-/m1/s1. The molecule has 0 spiro atoms. The fraction of sp³-hybridized carbons (Fsp3) is 0.381. The van der Waals surface area contributed by atoms with E-state index in [2.05, 4.69) is 0 Å². The third-order valence-electron chi connectivity index (χ3n) is 5.58. The second-order valence-corrected chi connectivity index (χ2v) is 9.27. The number of rotatable bonds is 3. The van der Waals surface area contributed by atoms with Gasteiger partial charge in [0.2, 0.25) is 15.9 Å². The van der Waals surface area contributed by atoms with E-state index >= 15 is 0 Å². The molecule has 4 rings (SSSR count). The summed E-state index contributed by atoms with van der Waals surface area (Å²) in [6, 6.07) is 11.6. The van der Waals surface area contributed by atoms with Gasteiger partial charge >= 0.3 is 0 Å². The number of amides is 1. The van der Waals surface area contributed by atoms with Crippen LogP contribution in [-0.2, 0) is 27.8 Å². The Morgan fingerprint density at radius 1 is 0.929 bits per heavy atom. The van der Waals surface area contributed by atoms with Crippen molar-refractivity contribution < 1.29 is 17.6 Å². The molecule has 7 heteroatoms. The van der Waals surface area contributed by atoms with Gasteiger partial charge in [-0.2, -0.15) is 4.31 Å². The largest absolute Gasteiger partial charge is 0.341 e. The highest BCUT2D eigenvalue weighted by molar-refractivity contribution is 7.89. The molecule has 2 aromatic carbocycles. The van der Waals surface area contributed by atoms with Crippen molar-refractivity contribution in [3.63, 3.8) is 0 Å². The van der Waals surface area contributed by atoms with Gasteiger partial charge in [0.25, 0.3) is 0 Å². The molecule has 0 radical (unpaired) electrons. The van der Waals surface area contributed by atoms with Crippen molar-refractivity contribution >= 4 is 15.9 Å². The van der Waals surface area contributed by atoms with E-state index in [1.54, 1.807) is 4.90 Å². The molecule has 28 heavy (non-hydrogen) atoms. The maximum atomic E-state index is 13.3. The number of carbonyl (C=O) groups excluding carboxylic acids is 1. The normalized spacial score (nSPS) is 20.6. The number of sulfonamides is 1. The minimum Gasteiger partial charge on any atom is -0.341 e. The number of hydrogen-bond acceptors (Lipinski definition) is 3. The van der Waals surface area contributed by atoms with Crippen LogP contribution < -0.4 is 0 Å². The first-order valence-corrected chi connectivity index (χ1v) is 11.0.